The second-order valence-corrected chi connectivity index (χ2v) is 12.6. The highest BCUT2D eigenvalue weighted by molar-refractivity contribution is 5.54. The summed E-state index contributed by atoms with van der Waals surface area (Å²) in [6, 6.07) is 25.2. The molecule has 2 aliphatic rings. The second-order valence-electron chi connectivity index (χ2n) is 12.6. The molecule has 5 aromatic rings. The van der Waals surface area contributed by atoms with Crippen molar-refractivity contribution in [2.24, 2.45) is 0 Å². The lowest BCUT2D eigenvalue weighted by molar-refractivity contribution is -0.178. The van der Waals surface area contributed by atoms with Crippen LogP contribution in [-0.4, -0.2) is 75.1 Å². The lowest BCUT2D eigenvalue weighted by atomic mass is 9.98. The van der Waals surface area contributed by atoms with Gasteiger partial charge in [-0.25, -0.2) is 14.0 Å². The average Bonchev–Trinajstić information content (AvgIpc) is 3.75. The van der Waals surface area contributed by atoms with Gasteiger partial charge in [0.05, 0.1) is 24.5 Å². The molecule has 0 saturated carbocycles. The van der Waals surface area contributed by atoms with Gasteiger partial charge in [-0.2, -0.15) is 15.3 Å². The van der Waals surface area contributed by atoms with Crippen molar-refractivity contribution >= 4 is 11.4 Å². The molecular formula is C37H41N7O5. The van der Waals surface area contributed by atoms with Crippen molar-refractivity contribution in [1.29, 1.82) is 0 Å². The number of anilines is 2. The second kappa shape index (κ2) is 14.1. The van der Waals surface area contributed by atoms with E-state index in [0.717, 1.165) is 66.5 Å². The Morgan fingerprint density at radius 2 is 1.63 bits per heavy atom. The first-order chi connectivity index (χ1) is 23.9. The van der Waals surface area contributed by atoms with Gasteiger partial charge in [-0.1, -0.05) is 19.1 Å². The van der Waals surface area contributed by atoms with E-state index >= 15 is 0 Å². The highest BCUT2D eigenvalue weighted by atomic mass is 16.8. The molecule has 4 heterocycles. The Bertz CT molecular complexity index is 1890. The monoisotopic (exact) mass is 663 g/mol. The summed E-state index contributed by atoms with van der Waals surface area (Å²) in [7, 11) is 0. The van der Waals surface area contributed by atoms with Crippen LogP contribution in [-0.2, 0) is 21.7 Å². The number of phenolic OH excluding ortho intramolecular Hbond substituents is 1. The summed E-state index contributed by atoms with van der Waals surface area (Å²) in [5.74, 6) is -0.165. The lowest BCUT2D eigenvalue weighted by Gasteiger charge is -2.37. The molecule has 1 N–H and O–H groups in total. The van der Waals surface area contributed by atoms with Crippen molar-refractivity contribution in [2.75, 3.05) is 49.2 Å². The van der Waals surface area contributed by atoms with Crippen LogP contribution in [0.3, 0.4) is 0 Å². The number of nitrogens with zero attached hydrogens (tertiary/aromatic N) is 7. The minimum atomic E-state index is -1.07. The quantitative estimate of drug-likeness (QED) is 0.213. The first-order valence-electron chi connectivity index (χ1n) is 16.8. The van der Waals surface area contributed by atoms with Crippen molar-refractivity contribution < 1.29 is 19.3 Å². The van der Waals surface area contributed by atoms with Gasteiger partial charge in [-0.05, 0) is 85.6 Å². The Morgan fingerprint density at radius 1 is 0.939 bits per heavy atom. The average molecular weight is 664 g/mol. The number of hydrogen-bond acceptors (Lipinski definition) is 10. The van der Waals surface area contributed by atoms with Crippen LogP contribution in [0.1, 0.15) is 37.4 Å². The van der Waals surface area contributed by atoms with Gasteiger partial charge in [0.15, 0.2) is 5.79 Å². The van der Waals surface area contributed by atoms with E-state index in [-0.39, 0.29) is 23.6 Å². The van der Waals surface area contributed by atoms with E-state index in [1.165, 1.54) is 4.68 Å². The van der Waals surface area contributed by atoms with Crippen LogP contribution in [0.25, 0.3) is 5.69 Å². The fraction of sp³-hybridized carbons (Fsp3) is 0.351. The number of aromatic nitrogens is 5. The molecule has 2 saturated heterocycles. The fourth-order valence-electron chi connectivity index (χ4n) is 6.39. The van der Waals surface area contributed by atoms with E-state index in [1.807, 2.05) is 50.2 Å². The van der Waals surface area contributed by atoms with Crippen LogP contribution in [0.5, 0.6) is 11.5 Å². The molecule has 7 rings (SSSR count). The Morgan fingerprint density at radius 3 is 2.29 bits per heavy atom. The molecule has 12 heteroatoms. The third-order valence-corrected chi connectivity index (χ3v) is 9.34. The molecule has 0 amide bonds. The molecule has 1 unspecified atom stereocenters. The zero-order valence-electron chi connectivity index (χ0n) is 27.8. The molecule has 0 radical (unpaired) electrons. The number of aromatic hydroxyl groups is 1. The molecule has 2 aromatic heterocycles. The van der Waals surface area contributed by atoms with E-state index in [1.54, 1.807) is 41.5 Å². The summed E-state index contributed by atoms with van der Waals surface area (Å²) < 4.78 is 22.1. The van der Waals surface area contributed by atoms with Gasteiger partial charge in [-0.3, -0.25) is 0 Å². The van der Waals surface area contributed by atoms with Crippen LogP contribution in [0.15, 0.2) is 102 Å². The maximum atomic E-state index is 12.8. The topological polar surface area (TPSA) is 120 Å². The molecule has 12 nitrogen and oxygen atoms in total. The minimum Gasteiger partial charge on any atom is -0.508 e. The van der Waals surface area contributed by atoms with Crippen LogP contribution >= 0.6 is 0 Å². The van der Waals surface area contributed by atoms with Crippen LogP contribution in [0.2, 0.25) is 0 Å². The maximum absolute atomic E-state index is 12.8. The highest BCUT2D eigenvalue weighted by Gasteiger charge is 2.44. The van der Waals surface area contributed by atoms with Gasteiger partial charge < -0.3 is 29.1 Å². The summed E-state index contributed by atoms with van der Waals surface area (Å²) in [6.45, 7) is 8.27. The highest BCUT2D eigenvalue weighted by Crippen LogP contribution is 2.39. The Balaban J connectivity index is 0.922. The number of piperazine rings is 1. The van der Waals surface area contributed by atoms with Crippen molar-refractivity contribution in [2.45, 2.75) is 44.6 Å². The van der Waals surface area contributed by atoms with Gasteiger partial charge >= 0.3 is 5.69 Å². The first kappa shape index (κ1) is 32.4. The molecule has 0 aliphatic carbocycles. The van der Waals surface area contributed by atoms with Crippen LogP contribution in [0, 0.1) is 0 Å². The third kappa shape index (κ3) is 7.01. The van der Waals surface area contributed by atoms with E-state index in [2.05, 4.69) is 49.4 Å². The first-order valence-corrected chi connectivity index (χ1v) is 16.8. The van der Waals surface area contributed by atoms with Gasteiger partial charge in [0.25, 0.3) is 0 Å². The number of benzene rings is 3. The predicted octanol–water partition coefficient (Wildman–Crippen LogP) is 4.72. The van der Waals surface area contributed by atoms with Gasteiger partial charge in [-0.15, -0.1) is 0 Å². The number of rotatable bonds is 11. The van der Waals surface area contributed by atoms with Crippen molar-refractivity contribution in [3.05, 3.63) is 119 Å². The smallest absolute Gasteiger partial charge is 0.350 e. The van der Waals surface area contributed by atoms with Gasteiger partial charge in [0.1, 0.15) is 30.5 Å². The third-order valence-electron chi connectivity index (χ3n) is 9.34. The normalized spacial score (nSPS) is 20.0. The minimum absolute atomic E-state index is 0.0653. The Labute approximate surface area is 285 Å². The number of phenols is 1. The fourth-order valence-corrected chi connectivity index (χ4v) is 6.39. The number of hydrogen-bond donors (Lipinski definition) is 1. The molecule has 3 aromatic carbocycles. The van der Waals surface area contributed by atoms with Crippen LogP contribution < -0.4 is 20.2 Å². The molecule has 49 heavy (non-hydrogen) atoms. The zero-order chi connectivity index (χ0) is 33.8. The summed E-state index contributed by atoms with van der Waals surface area (Å²) in [5, 5.41) is 22.3. The largest absolute Gasteiger partial charge is 0.508 e. The number of ether oxygens (including phenoxy) is 3. The lowest BCUT2D eigenvalue weighted by Crippen LogP contribution is -2.46. The van der Waals surface area contributed by atoms with E-state index in [9.17, 15) is 9.90 Å². The molecule has 254 valence electrons. The Kier molecular flexibility index (Phi) is 9.32. The molecule has 0 bridgehead atoms. The van der Waals surface area contributed by atoms with Crippen molar-refractivity contribution in [1.82, 2.24) is 24.5 Å². The molecule has 3 atom stereocenters. The summed E-state index contributed by atoms with van der Waals surface area (Å²) in [6.07, 6.45) is 5.89. The summed E-state index contributed by atoms with van der Waals surface area (Å²) in [4.78, 5) is 17.5. The summed E-state index contributed by atoms with van der Waals surface area (Å²) >= 11 is 0. The molecule has 0 spiro atoms. The van der Waals surface area contributed by atoms with E-state index in [0.29, 0.717) is 19.6 Å². The van der Waals surface area contributed by atoms with Crippen molar-refractivity contribution in [3.63, 3.8) is 0 Å². The van der Waals surface area contributed by atoms with Crippen LogP contribution in [0.4, 0.5) is 11.4 Å². The molecular weight excluding hydrogens is 622 g/mol. The SMILES string of the molecule is CCC(C)n1ncn(-c2ccc(N3CCN(c4ccc(OC[C@@H]5CO[C@@](Cc6ccnnc6)(c6cccc(O)c6)O5)cc4)CC3)cc2)c1=O. The predicted molar refractivity (Wildman–Crippen MR) is 186 cm³/mol. The maximum Gasteiger partial charge on any atom is 0.350 e. The Hall–Kier alpha value is -5.20. The molecule has 2 fully saturated rings. The standard InChI is InChI=1S/C37H41N7O5/c1-3-27(2)44-36(46)43(26-40-44)32-9-7-30(8-10-32)41-17-19-42(20-18-41)31-11-13-34(14-12-31)47-24-35-25-48-37(49-35,22-28-15-16-38-39-23-28)29-5-4-6-33(45)21-29/h4-16,21,23,26-27,35,45H,3,17-20,22,24-25H2,1-2H3/t27?,35-,37-/m1/s1. The molecule has 2 aliphatic heterocycles. The van der Waals surface area contributed by atoms with E-state index < -0.39 is 5.79 Å². The zero-order valence-corrected chi connectivity index (χ0v) is 27.8. The van der Waals surface area contributed by atoms with E-state index in [4.69, 9.17) is 14.2 Å². The van der Waals surface area contributed by atoms with Gasteiger partial charge in [0, 0.05) is 55.7 Å². The van der Waals surface area contributed by atoms with Gasteiger partial charge in [0.2, 0.25) is 0 Å². The van der Waals surface area contributed by atoms with Crippen molar-refractivity contribution in [3.8, 4) is 17.2 Å². The summed E-state index contributed by atoms with van der Waals surface area (Å²) in [5.41, 5.74) is 4.63.